The van der Waals surface area contributed by atoms with Gasteiger partial charge in [0.15, 0.2) is 0 Å². The summed E-state index contributed by atoms with van der Waals surface area (Å²) in [5, 5.41) is 14.0. The Hall–Kier alpha value is -1.15. The van der Waals surface area contributed by atoms with Crippen molar-refractivity contribution in [2.24, 2.45) is 11.1 Å². The van der Waals surface area contributed by atoms with Gasteiger partial charge in [-0.15, -0.1) is 0 Å². The molecule has 0 spiro atoms. The standard InChI is InChI=1S/C9H14N2O5S/c10-17(15,16)5-6-3-7(12)11(4-6)9(1-2-9)8(13)14/h6H,1-5H2,(H,13,14)(H2,10,15,16). The van der Waals surface area contributed by atoms with Gasteiger partial charge >= 0.3 is 5.97 Å². The number of nitrogens with zero attached hydrogens (tertiary/aromatic N) is 1. The molecule has 7 nitrogen and oxygen atoms in total. The van der Waals surface area contributed by atoms with Gasteiger partial charge in [-0.1, -0.05) is 0 Å². The van der Waals surface area contributed by atoms with E-state index in [2.05, 4.69) is 0 Å². The molecule has 0 bridgehead atoms. The predicted molar refractivity (Wildman–Crippen MR) is 57.4 cm³/mol. The fourth-order valence-electron chi connectivity index (χ4n) is 2.35. The molecule has 8 heteroatoms. The van der Waals surface area contributed by atoms with Gasteiger partial charge in [0.25, 0.3) is 0 Å². The second-order valence-electron chi connectivity index (χ2n) is 4.74. The molecule has 17 heavy (non-hydrogen) atoms. The highest BCUT2D eigenvalue weighted by Gasteiger charge is 2.59. The van der Waals surface area contributed by atoms with Crippen molar-refractivity contribution >= 4 is 21.9 Å². The van der Waals surface area contributed by atoms with Crippen molar-refractivity contribution in [1.29, 1.82) is 0 Å². The number of nitrogens with two attached hydrogens (primary N) is 1. The Labute approximate surface area is 98.6 Å². The maximum absolute atomic E-state index is 11.7. The topological polar surface area (TPSA) is 118 Å². The molecular formula is C9H14N2O5S. The number of aliphatic carboxylic acids is 1. The summed E-state index contributed by atoms with van der Waals surface area (Å²) >= 11 is 0. The molecule has 2 fully saturated rings. The maximum Gasteiger partial charge on any atom is 0.329 e. The van der Waals surface area contributed by atoms with E-state index >= 15 is 0 Å². The minimum atomic E-state index is -3.63. The minimum Gasteiger partial charge on any atom is -0.479 e. The van der Waals surface area contributed by atoms with Crippen LogP contribution in [0.2, 0.25) is 0 Å². The fourth-order valence-corrected chi connectivity index (χ4v) is 3.23. The molecule has 1 aliphatic carbocycles. The molecule has 1 aliphatic heterocycles. The number of carbonyl (C=O) groups excluding carboxylic acids is 1. The van der Waals surface area contributed by atoms with E-state index in [0.29, 0.717) is 12.8 Å². The lowest BCUT2D eigenvalue weighted by atomic mass is 10.1. The number of rotatable bonds is 4. The Kier molecular flexibility index (Phi) is 2.66. The molecule has 1 amide bonds. The Morgan fingerprint density at radius 2 is 2.12 bits per heavy atom. The van der Waals surface area contributed by atoms with Gasteiger partial charge in [0.1, 0.15) is 5.54 Å². The minimum absolute atomic E-state index is 0.0610. The monoisotopic (exact) mass is 262 g/mol. The number of carboxylic acid groups (broad SMARTS) is 1. The average Bonchev–Trinajstić information content (AvgIpc) is 2.85. The summed E-state index contributed by atoms with van der Waals surface area (Å²) in [6, 6.07) is 0. The molecule has 0 aromatic rings. The van der Waals surface area contributed by atoms with Crippen molar-refractivity contribution in [3.63, 3.8) is 0 Å². The van der Waals surface area contributed by atoms with Gasteiger partial charge < -0.3 is 10.0 Å². The fraction of sp³-hybridized carbons (Fsp3) is 0.778. The first-order valence-electron chi connectivity index (χ1n) is 5.29. The summed E-state index contributed by atoms with van der Waals surface area (Å²) in [4.78, 5) is 24.1. The van der Waals surface area contributed by atoms with Crippen LogP contribution >= 0.6 is 0 Å². The Bertz CT molecular complexity index is 468. The van der Waals surface area contributed by atoms with Gasteiger partial charge in [0.2, 0.25) is 15.9 Å². The van der Waals surface area contributed by atoms with Crippen LogP contribution in [-0.4, -0.2) is 48.1 Å². The molecule has 1 saturated heterocycles. The van der Waals surface area contributed by atoms with E-state index in [4.69, 9.17) is 10.2 Å². The predicted octanol–water partition coefficient (Wildman–Crippen LogP) is -1.26. The van der Waals surface area contributed by atoms with Crippen LogP contribution in [0.25, 0.3) is 0 Å². The zero-order valence-corrected chi connectivity index (χ0v) is 9.94. The number of hydrogen-bond acceptors (Lipinski definition) is 4. The molecule has 1 atom stereocenters. The SMILES string of the molecule is NS(=O)(=O)CC1CC(=O)N(C2(C(=O)O)CC2)C1. The molecule has 1 saturated carbocycles. The van der Waals surface area contributed by atoms with Gasteiger partial charge in [-0.25, -0.2) is 18.4 Å². The molecule has 2 rings (SSSR count). The molecule has 1 unspecified atom stereocenters. The van der Waals surface area contributed by atoms with Crippen LogP contribution in [-0.2, 0) is 19.6 Å². The van der Waals surface area contributed by atoms with Crippen LogP contribution in [0.1, 0.15) is 19.3 Å². The lowest BCUT2D eigenvalue weighted by Crippen LogP contribution is -2.44. The number of amides is 1. The number of carbonyl (C=O) groups is 2. The van der Waals surface area contributed by atoms with Gasteiger partial charge in [-0.05, 0) is 12.8 Å². The van der Waals surface area contributed by atoms with E-state index in [9.17, 15) is 18.0 Å². The highest BCUT2D eigenvalue weighted by Crippen LogP contribution is 2.45. The van der Waals surface area contributed by atoms with Crippen LogP contribution in [0.4, 0.5) is 0 Å². The number of likely N-dealkylation sites (tertiary alicyclic amines) is 1. The van der Waals surface area contributed by atoms with E-state index < -0.39 is 27.4 Å². The highest BCUT2D eigenvalue weighted by molar-refractivity contribution is 7.89. The van der Waals surface area contributed by atoms with E-state index in [-0.39, 0.29) is 24.6 Å². The number of carboxylic acids is 1. The van der Waals surface area contributed by atoms with Crippen molar-refractivity contribution in [2.75, 3.05) is 12.3 Å². The highest BCUT2D eigenvalue weighted by atomic mass is 32.2. The second kappa shape index (κ2) is 3.67. The lowest BCUT2D eigenvalue weighted by Gasteiger charge is -2.24. The lowest BCUT2D eigenvalue weighted by molar-refractivity contribution is -0.150. The maximum atomic E-state index is 11.7. The average molecular weight is 262 g/mol. The summed E-state index contributed by atoms with van der Waals surface area (Å²) in [5.74, 6) is -1.97. The van der Waals surface area contributed by atoms with Gasteiger partial charge in [0.05, 0.1) is 5.75 Å². The van der Waals surface area contributed by atoms with Crippen molar-refractivity contribution in [3.8, 4) is 0 Å². The van der Waals surface area contributed by atoms with E-state index in [0.717, 1.165) is 0 Å². The summed E-state index contributed by atoms with van der Waals surface area (Å²) in [6.45, 7) is 0.168. The molecule has 0 aromatic carbocycles. The molecule has 2 aliphatic rings. The molecule has 3 N–H and O–H groups in total. The normalized spacial score (nSPS) is 27.2. The number of sulfonamides is 1. The molecule has 96 valence electrons. The van der Waals surface area contributed by atoms with Gasteiger partial charge in [-0.2, -0.15) is 0 Å². The van der Waals surface area contributed by atoms with Crippen molar-refractivity contribution in [3.05, 3.63) is 0 Å². The van der Waals surface area contributed by atoms with Crippen molar-refractivity contribution < 1.29 is 23.1 Å². The number of hydrogen-bond donors (Lipinski definition) is 2. The Balaban J connectivity index is 2.09. The van der Waals surface area contributed by atoms with Crippen LogP contribution < -0.4 is 5.14 Å². The smallest absolute Gasteiger partial charge is 0.329 e. The van der Waals surface area contributed by atoms with Crippen LogP contribution in [0, 0.1) is 5.92 Å². The molecule has 0 radical (unpaired) electrons. The second-order valence-corrected chi connectivity index (χ2v) is 6.40. The first kappa shape index (κ1) is 12.3. The molecular weight excluding hydrogens is 248 g/mol. The third kappa shape index (κ3) is 2.27. The number of primary sulfonamides is 1. The van der Waals surface area contributed by atoms with Crippen LogP contribution in [0.15, 0.2) is 0 Å². The molecule has 0 aromatic heterocycles. The summed E-state index contributed by atoms with van der Waals surface area (Å²) in [6.07, 6.45) is 0.942. The van der Waals surface area contributed by atoms with E-state index in [1.54, 1.807) is 0 Å². The van der Waals surface area contributed by atoms with E-state index in [1.807, 2.05) is 0 Å². The van der Waals surface area contributed by atoms with Crippen LogP contribution in [0.5, 0.6) is 0 Å². The molecule has 1 heterocycles. The summed E-state index contributed by atoms with van der Waals surface area (Å²) < 4.78 is 21.9. The van der Waals surface area contributed by atoms with Crippen molar-refractivity contribution in [1.82, 2.24) is 4.90 Å². The quantitative estimate of drug-likeness (QED) is 0.655. The Morgan fingerprint density at radius 3 is 2.53 bits per heavy atom. The van der Waals surface area contributed by atoms with Gasteiger partial charge in [-0.3, -0.25) is 4.79 Å². The van der Waals surface area contributed by atoms with E-state index in [1.165, 1.54) is 4.90 Å². The zero-order chi connectivity index (χ0) is 12.8. The third-order valence-corrected chi connectivity index (χ3v) is 4.25. The first-order chi connectivity index (χ1) is 7.74. The zero-order valence-electron chi connectivity index (χ0n) is 9.13. The van der Waals surface area contributed by atoms with Crippen LogP contribution in [0.3, 0.4) is 0 Å². The Morgan fingerprint density at radius 1 is 1.53 bits per heavy atom. The largest absolute Gasteiger partial charge is 0.479 e. The summed E-state index contributed by atoms with van der Waals surface area (Å²) in [5.41, 5.74) is -1.08. The van der Waals surface area contributed by atoms with Crippen molar-refractivity contribution in [2.45, 2.75) is 24.8 Å². The third-order valence-electron chi connectivity index (χ3n) is 3.31. The summed E-state index contributed by atoms with van der Waals surface area (Å²) in [7, 11) is -3.63. The first-order valence-corrected chi connectivity index (χ1v) is 7.00. The van der Waals surface area contributed by atoms with Gasteiger partial charge in [0, 0.05) is 18.9 Å².